The van der Waals surface area contributed by atoms with Gasteiger partial charge in [-0.1, -0.05) is 0 Å². The third-order valence-electron chi connectivity index (χ3n) is 5.55. The SMILES string of the molecule is CC1(C)OB(C(F)=C2CCN(N=O)C3CCC23)OC1(C)C. The van der Waals surface area contributed by atoms with Crippen LogP contribution in [0.1, 0.15) is 47.0 Å². The van der Waals surface area contributed by atoms with E-state index >= 15 is 0 Å². The fourth-order valence-electron chi connectivity index (χ4n) is 3.33. The predicted octanol–water partition coefficient (Wildman–Crippen LogP) is 3.01. The molecule has 1 aliphatic carbocycles. The van der Waals surface area contributed by atoms with Crippen molar-refractivity contribution in [1.29, 1.82) is 0 Å². The topological polar surface area (TPSA) is 51.1 Å². The highest BCUT2D eigenvalue weighted by molar-refractivity contribution is 6.53. The van der Waals surface area contributed by atoms with Gasteiger partial charge < -0.3 is 9.31 Å². The van der Waals surface area contributed by atoms with E-state index < -0.39 is 18.3 Å². The number of nitroso groups, excluding NO2 is 1. The zero-order chi connectivity index (χ0) is 15.4. The molecule has 21 heavy (non-hydrogen) atoms. The Morgan fingerprint density at radius 1 is 1.29 bits per heavy atom. The van der Waals surface area contributed by atoms with Crippen LogP contribution in [0.25, 0.3) is 0 Å². The highest BCUT2D eigenvalue weighted by atomic mass is 19.1. The van der Waals surface area contributed by atoms with Crippen LogP contribution in [-0.4, -0.2) is 35.9 Å². The molecule has 0 aromatic carbocycles. The van der Waals surface area contributed by atoms with Crippen molar-refractivity contribution in [3.63, 3.8) is 0 Å². The maximum atomic E-state index is 14.9. The summed E-state index contributed by atoms with van der Waals surface area (Å²) in [4.78, 5) is 10.8. The van der Waals surface area contributed by atoms with E-state index in [0.717, 1.165) is 18.4 Å². The van der Waals surface area contributed by atoms with Crippen molar-refractivity contribution in [2.24, 2.45) is 11.2 Å². The Hall–Kier alpha value is -0.945. The molecular weight excluding hydrogens is 274 g/mol. The summed E-state index contributed by atoms with van der Waals surface area (Å²) in [6.45, 7) is 8.13. The van der Waals surface area contributed by atoms with E-state index in [-0.39, 0.29) is 17.7 Å². The van der Waals surface area contributed by atoms with Crippen LogP contribution in [0.15, 0.2) is 16.6 Å². The molecule has 2 heterocycles. The normalized spacial score (nSPS) is 36.0. The van der Waals surface area contributed by atoms with Crippen molar-refractivity contribution in [1.82, 2.24) is 5.01 Å². The minimum atomic E-state index is -0.929. The van der Waals surface area contributed by atoms with Crippen LogP contribution in [0.2, 0.25) is 0 Å². The monoisotopic (exact) mass is 296 g/mol. The Morgan fingerprint density at radius 2 is 1.90 bits per heavy atom. The zero-order valence-electron chi connectivity index (χ0n) is 13.1. The van der Waals surface area contributed by atoms with Crippen LogP contribution in [0.5, 0.6) is 0 Å². The maximum absolute atomic E-state index is 14.9. The van der Waals surface area contributed by atoms with E-state index in [0.29, 0.717) is 13.0 Å². The van der Waals surface area contributed by atoms with E-state index in [4.69, 9.17) is 9.31 Å². The first-order valence-electron chi connectivity index (χ1n) is 7.61. The Labute approximate surface area is 124 Å². The molecule has 0 aromatic heterocycles. The molecule has 5 nitrogen and oxygen atoms in total. The van der Waals surface area contributed by atoms with Gasteiger partial charge in [0.25, 0.3) is 0 Å². The van der Waals surface area contributed by atoms with Crippen molar-refractivity contribution in [3.05, 3.63) is 16.2 Å². The van der Waals surface area contributed by atoms with Gasteiger partial charge in [0.1, 0.15) is 5.73 Å². The number of rotatable bonds is 2. The standard InChI is InChI=1S/C14H22BFN2O3/c1-13(2)14(3,4)21-15(20-13)12(16)10-7-8-18(17-19)11-6-5-9(10)11/h9,11H,5-8H2,1-4H3. The van der Waals surface area contributed by atoms with Gasteiger partial charge in [-0.15, -0.1) is 4.91 Å². The van der Waals surface area contributed by atoms with Crippen LogP contribution in [-0.2, 0) is 9.31 Å². The van der Waals surface area contributed by atoms with Gasteiger partial charge in [-0.05, 0) is 52.5 Å². The summed E-state index contributed by atoms with van der Waals surface area (Å²) in [5.41, 5.74) is -0.627. The number of hydrogen-bond acceptors (Lipinski definition) is 4. The first-order valence-corrected chi connectivity index (χ1v) is 7.61. The number of hydrogen-bond donors (Lipinski definition) is 0. The molecule has 3 aliphatic rings. The molecule has 3 fully saturated rings. The first kappa shape index (κ1) is 15.0. The molecule has 2 atom stereocenters. The number of halogens is 1. The smallest absolute Gasteiger partial charge is 0.398 e. The fourth-order valence-corrected chi connectivity index (χ4v) is 3.33. The number of fused-ring (bicyclic) bond motifs is 1. The molecule has 0 spiro atoms. The van der Waals surface area contributed by atoms with E-state index in [1.807, 2.05) is 27.7 Å². The number of nitrogens with zero attached hydrogens (tertiary/aromatic N) is 2. The van der Waals surface area contributed by atoms with Gasteiger partial charge in [-0.25, -0.2) is 4.39 Å². The third-order valence-corrected chi connectivity index (χ3v) is 5.55. The Morgan fingerprint density at radius 3 is 2.38 bits per heavy atom. The van der Waals surface area contributed by atoms with Crippen molar-refractivity contribution in [2.45, 2.75) is 64.2 Å². The lowest BCUT2D eigenvalue weighted by Gasteiger charge is -2.46. The molecule has 0 aromatic rings. The van der Waals surface area contributed by atoms with Crippen molar-refractivity contribution in [2.75, 3.05) is 6.54 Å². The van der Waals surface area contributed by atoms with Gasteiger partial charge in [0.05, 0.1) is 22.5 Å². The lowest BCUT2D eigenvalue weighted by atomic mass is 9.67. The molecule has 3 rings (SSSR count). The second kappa shape index (κ2) is 4.78. The highest BCUT2D eigenvalue weighted by Gasteiger charge is 2.55. The summed E-state index contributed by atoms with van der Waals surface area (Å²) in [5, 5.41) is 4.59. The molecule has 0 N–H and O–H groups in total. The maximum Gasteiger partial charge on any atom is 0.525 e. The molecule has 2 aliphatic heterocycles. The van der Waals surface area contributed by atoms with Crippen molar-refractivity contribution >= 4 is 7.12 Å². The molecule has 0 bridgehead atoms. The average molecular weight is 296 g/mol. The summed E-state index contributed by atoms with van der Waals surface area (Å²) in [7, 11) is -0.929. The lowest BCUT2D eigenvalue weighted by molar-refractivity contribution is 0.00578. The molecular formula is C14H22BFN2O3. The highest BCUT2D eigenvalue weighted by Crippen LogP contribution is 2.46. The summed E-state index contributed by atoms with van der Waals surface area (Å²) < 4.78 is 26.4. The average Bonchev–Trinajstić information content (AvgIpc) is 2.58. The van der Waals surface area contributed by atoms with Crippen LogP contribution in [0.3, 0.4) is 0 Å². The Bertz CT molecular complexity index is 479. The molecule has 1 saturated carbocycles. The molecule has 116 valence electrons. The largest absolute Gasteiger partial charge is 0.525 e. The van der Waals surface area contributed by atoms with Gasteiger partial charge in [-0.2, -0.15) is 0 Å². The summed E-state index contributed by atoms with van der Waals surface area (Å²) in [6, 6.07) is 0.0550. The minimum absolute atomic E-state index is 0.0550. The summed E-state index contributed by atoms with van der Waals surface area (Å²) >= 11 is 0. The Balaban J connectivity index is 1.82. The van der Waals surface area contributed by atoms with E-state index in [2.05, 4.69) is 5.29 Å². The van der Waals surface area contributed by atoms with Crippen LogP contribution >= 0.6 is 0 Å². The Kier molecular flexibility index (Phi) is 3.41. The zero-order valence-corrected chi connectivity index (χ0v) is 13.1. The van der Waals surface area contributed by atoms with Gasteiger partial charge in [0.15, 0.2) is 0 Å². The summed E-state index contributed by atoms with van der Waals surface area (Å²) in [5.74, 6) is 0.0791. The lowest BCUT2D eigenvalue weighted by Crippen LogP contribution is -2.50. The van der Waals surface area contributed by atoms with Crippen LogP contribution in [0.4, 0.5) is 4.39 Å². The van der Waals surface area contributed by atoms with E-state index in [9.17, 15) is 9.30 Å². The van der Waals surface area contributed by atoms with Gasteiger partial charge in [-0.3, -0.25) is 5.01 Å². The van der Waals surface area contributed by atoms with Crippen LogP contribution < -0.4 is 0 Å². The minimum Gasteiger partial charge on any atom is -0.398 e. The third kappa shape index (κ3) is 2.21. The van der Waals surface area contributed by atoms with Gasteiger partial charge in [0, 0.05) is 12.5 Å². The second-order valence-electron chi connectivity index (χ2n) is 7.21. The van der Waals surface area contributed by atoms with E-state index in [1.54, 1.807) is 5.01 Å². The molecule has 0 amide bonds. The molecule has 2 saturated heterocycles. The quantitative estimate of drug-likeness (QED) is 0.580. The predicted molar refractivity (Wildman–Crippen MR) is 77.8 cm³/mol. The second-order valence-corrected chi connectivity index (χ2v) is 7.21. The summed E-state index contributed by atoms with van der Waals surface area (Å²) in [6.07, 6.45) is 2.32. The number of piperidine rings is 1. The molecule has 7 heteroatoms. The molecule has 0 radical (unpaired) electrons. The van der Waals surface area contributed by atoms with Crippen LogP contribution in [0, 0.1) is 10.8 Å². The van der Waals surface area contributed by atoms with Gasteiger partial charge >= 0.3 is 7.12 Å². The van der Waals surface area contributed by atoms with Crippen molar-refractivity contribution < 1.29 is 13.7 Å². The fraction of sp³-hybridized carbons (Fsp3) is 0.857. The first-order chi connectivity index (χ1) is 9.77. The van der Waals surface area contributed by atoms with Crippen molar-refractivity contribution in [3.8, 4) is 0 Å². The van der Waals surface area contributed by atoms with Gasteiger partial charge in [0.2, 0.25) is 0 Å². The molecule has 2 unspecified atom stereocenters. The van der Waals surface area contributed by atoms with E-state index in [1.165, 1.54) is 0 Å².